The Morgan fingerprint density at radius 1 is 1.50 bits per heavy atom. The van der Waals surface area contributed by atoms with E-state index in [1.807, 2.05) is 31.2 Å². The smallest absolute Gasteiger partial charge is 0.0558 e. The standard InChI is InChI=1S/C13H18ClNO/c1-3-6-15(7-8-16)10-12-5-4-11(2)9-13(12)14/h3-5,9,16H,1,6-8,10H2,2H3. The Balaban J connectivity index is 2.72. The summed E-state index contributed by atoms with van der Waals surface area (Å²) in [7, 11) is 0. The van der Waals surface area contributed by atoms with Gasteiger partial charge in [0.05, 0.1) is 6.61 Å². The number of hydrogen-bond acceptors (Lipinski definition) is 2. The summed E-state index contributed by atoms with van der Waals surface area (Å²) in [6, 6.07) is 6.04. The second kappa shape index (κ2) is 6.69. The molecular formula is C13H18ClNO. The summed E-state index contributed by atoms with van der Waals surface area (Å²) in [5.74, 6) is 0. The van der Waals surface area contributed by atoms with Crippen molar-refractivity contribution in [2.75, 3.05) is 19.7 Å². The molecule has 0 spiro atoms. The number of aliphatic hydroxyl groups is 1. The average molecular weight is 240 g/mol. The van der Waals surface area contributed by atoms with E-state index in [1.165, 1.54) is 0 Å². The fourth-order valence-corrected chi connectivity index (χ4v) is 1.88. The third-order valence-corrected chi connectivity index (χ3v) is 2.76. The number of aliphatic hydroxyl groups excluding tert-OH is 1. The molecule has 0 bridgehead atoms. The van der Waals surface area contributed by atoms with Crippen LogP contribution in [0.1, 0.15) is 11.1 Å². The molecule has 1 rings (SSSR count). The number of aryl methyl sites for hydroxylation is 1. The maximum absolute atomic E-state index is 8.95. The maximum atomic E-state index is 8.95. The summed E-state index contributed by atoms with van der Waals surface area (Å²) in [4.78, 5) is 2.10. The zero-order valence-corrected chi connectivity index (χ0v) is 10.4. The van der Waals surface area contributed by atoms with E-state index in [9.17, 15) is 0 Å². The van der Waals surface area contributed by atoms with Gasteiger partial charge < -0.3 is 5.11 Å². The zero-order valence-electron chi connectivity index (χ0n) is 9.62. The van der Waals surface area contributed by atoms with Crippen LogP contribution in [0.25, 0.3) is 0 Å². The van der Waals surface area contributed by atoms with Gasteiger partial charge in [-0.2, -0.15) is 0 Å². The van der Waals surface area contributed by atoms with Crippen molar-refractivity contribution in [1.82, 2.24) is 4.90 Å². The summed E-state index contributed by atoms with van der Waals surface area (Å²) in [5.41, 5.74) is 2.24. The first kappa shape index (κ1) is 13.2. The number of hydrogen-bond donors (Lipinski definition) is 1. The van der Waals surface area contributed by atoms with Crippen LogP contribution in [0.2, 0.25) is 5.02 Å². The van der Waals surface area contributed by atoms with E-state index in [4.69, 9.17) is 16.7 Å². The highest BCUT2D eigenvalue weighted by Gasteiger charge is 2.06. The molecule has 0 amide bonds. The van der Waals surface area contributed by atoms with Gasteiger partial charge >= 0.3 is 0 Å². The lowest BCUT2D eigenvalue weighted by Gasteiger charge is -2.20. The van der Waals surface area contributed by atoms with Crippen LogP contribution in [-0.2, 0) is 6.54 Å². The molecule has 0 heterocycles. The third-order valence-electron chi connectivity index (χ3n) is 2.41. The van der Waals surface area contributed by atoms with Gasteiger partial charge in [0.15, 0.2) is 0 Å². The Labute approximate surface area is 102 Å². The minimum absolute atomic E-state index is 0.150. The fourth-order valence-electron chi connectivity index (χ4n) is 1.58. The van der Waals surface area contributed by atoms with Gasteiger partial charge in [0.1, 0.15) is 0 Å². The number of halogens is 1. The molecule has 0 atom stereocenters. The normalized spacial score (nSPS) is 10.8. The van der Waals surface area contributed by atoms with Crippen molar-refractivity contribution < 1.29 is 5.11 Å². The van der Waals surface area contributed by atoms with Gasteiger partial charge in [-0.3, -0.25) is 4.90 Å². The molecule has 0 unspecified atom stereocenters. The highest BCUT2D eigenvalue weighted by atomic mass is 35.5. The predicted octanol–water partition coefficient (Wildman–Crippen LogP) is 2.63. The lowest BCUT2D eigenvalue weighted by atomic mass is 10.1. The Morgan fingerprint density at radius 2 is 2.25 bits per heavy atom. The first-order valence-electron chi connectivity index (χ1n) is 5.36. The van der Waals surface area contributed by atoms with Crippen molar-refractivity contribution in [3.8, 4) is 0 Å². The molecule has 0 aliphatic heterocycles. The van der Waals surface area contributed by atoms with Gasteiger partial charge in [-0.1, -0.05) is 29.8 Å². The molecule has 2 nitrogen and oxygen atoms in total. The van der Waals surface area contributed by atoms with Crippen LogP contribution in [0.5, 0.6) is 0 Å². The second-order valence-electron chi connectivity index (χ2n) is 3.84. The first-order valence-corrected chi connectivity index (χ1v) is 5.74. The lowest BCUT2D eigenvalue weighted by molar-refractivity contribution is 0.203. The first-order chi connectivity index (χ1) is 7.67. The lowest BCUT2D eigenvalue weighted by Crippen LogP contribution is -2.26. The summed E-state index contributed by atoms with van der Waals surface area (Å²) in [6.07, 6.45) is 1.83. The summed E-state index contributed by atoms with van der Waals surface area (Å²) in [6.45, 7) is 8.01. The molecule has 0 aromatic heterocycles. The minimum atomic E-state index is 0.150. The van der Waals surface area contributed by atoms with Crippen molar-refractivity contribution >= 4 is 11.6 Å². The van der Waals surface area contributed by atoms with Gasteiger partial charge in [-0.15, -0.1) is 6.58 Å². The topological polar surface area (TPSA) is 23.5 Å². The second-order valence-corrected chi connectivity index (χ2v) is 4.25. The SMILES string of the molecule is C=CCN(CCO)Cc1ccc(C)cc1Cl. The maximum Gasteiger partial charge on any atom is 0.0558 e. The van der Waals surface area contributed by atoms with Gasteiger partial charge in [0.25, 0.3) is 0 Å². The van der Waals surface area contributed by atoms with Crippen LogP contribution in [0.4, 0.5) is 0 Å². The quantitative estimate of drug-likeness (QED) is 0.772. The number of benzene rings is 1. The molecule has 1 aromatic carbocycles. The van der Waals surface area contributed by atoms with Crippen molar-refractivity contribution in [2.45, 2.75) is 13.5 Å². The van der Waals surface area contributed by atoms with Crippen LogP contribution in [0.3, 0.4) is 0 Å². The van der Waals surface area contributed by atoms with Crippen LogP contribution >= 0.6 is 11.6 Å². The van der Waals surface area contributed by atoms with Crippen LogP contribution in [0.15, 0.2) is 30.9 Å². The van der Waals surface area contributed by atoms with Gasteiger partial charge in [-0.05, 0) is 24.1 Å². The van der Waals surface area contributed by atoms with E-state index in [1.54, 1.807) is 0 Å². The summed E-state index contributed by atoms with van der Waals surface area (Å²) < 4.78 is 0. The summed E-state index contributed by atoms with van der Waals surface area (Å²) in [5, 5.41) is 9.73. The highest BCUT2D eigenvalue weighted by molar-refractivity contribution is 6.31. The summed E-state index contributed by atoms with van der Waals surface area (Å²) >= 11 is 6.16. The minimum Gasteiger partial charge on any atom is -0.395 e. The van der Waals surface area contributed by atoms with Crippen LogP contribution < -0.4 is 0 Å². The molecule has 16 heavy (non-hydrogen) atoms. The molecule has 0 saturated heterocycles. The van der Waals surface area contributed by atoms with Crippen LogP contribution in [-0.4, -0.2) is 29.7 Å². The Morgan fingerprint density at radius 3 is 2.81 bits per heavy atom. The van der Waals surface area contributed by atoms with E-state index in [0.29, 0.717) is 6.54 Å². The van der Waals surface area contributed by atoms with E-state index in [0.717, 1.165) is 29.2 Å². The average Bonchev–Trinajstić information content (AvgIpc) is 2.23. The molecule has 0 aliphatic rings. The zero-order chi connectivity index (χ0) is 12.0. The van der Waals surface area contributed by atoms with Crippen molar-refractivity contribution in [3.05, 3.63) is 47.0 Å². The van der Waals surface area contributed by atoms with E-state index in [2.05, 4.69) is 11.5 Å². The number of nitrogens with zero attached hydrogens (tertiary/aromatic N) is 1. The van der Waals surface area contributed by atoms with Gasteiger partial charge in [0.2, 0.25) is 0 Å². The predicted molar refractivity (Wildman–Crippen MR) is 68.7 cm³/mol. The van der Waals surface area contributed by atoms with Gasteiger partial charge in [0, 0.05) is 24.7 Å². The van der Waals surface area contributed by atoms with Gasteiger partial charge in [-0.25, -0.2) is 0 Å². The molecule has 0 fully saturated rings. The van der Waals surface area contributed by atoms with E-state index < -0.39 is 0 Å². The highest BCUT2D eigenvalue weighted by Crippen LogP contribution is 2.19. The molecule has 1 N–H and O–H groups in total. The number of rotatable bonds is 6. The molecule has 0 saturated carbocycles. The van der Waals surface area contributed by atoms with Crippen molar-refractivity contribution in [3.63, 3.8) is 0 Å². The monoisotopic (exact) mass is 239 g/mol. The Kier molecular flexibility index (Phi) is 5.53. The van der Waals surface area contributed by atoms with Crippen LogP contribution in [0, 0.1) is 6.92 Å². The Bertz CT molecular complexity index is 352. The largest absolute Gasteiger partial charge is 0.395 e. The molecule has 0 radical (unpaired) electrons. The van der Waals surface area contributed by atoms with E-state index >= 15 is 0 Å². The van der Waals surface area contributed by atoms with E-state index in [-0.39, 0.29) is 6.61 Å². The molecule has 3 heteroatoms. The van der Waals surface area contributed by atoms with Crippen molar-refractivity contribution in [1.29, 1.82) is 0 Å². The molecule has 1 aromatic rings. The molecular weight excluding hydrogens is 222 g/mol. The third kappa shape index (κ3) is 3.97. The molecule has 0 aliphatic carbocycles. The molecule has 88 valence electrons. The van der Waals surface area contributed by atoms with Crippen molar-refractivity contribution in [2.24, 2.45) is 0 Å². The fraction of sp³-hybridized carbons (Fsp3) is 0.385. The Hall–Kier alpha value is -0.830.